The molecule has 4 rings (SSSR count). The minimum absolute atomic E-state index is 0.0596. The molecule has 2 aromatic rings. The van der Waals surface area contributed by atoms with Gasteiger partial charge in [0.25, 0.3) is 0 Å². The molecule has 0 N–H and O–H groups in total. The summed E-state index contributed by atoms with van der Waals surface area (Å²) in [7, 11) is 0. The molecule has 2 aliphatic rings. The number of ether oxygens (including phenoxy) is 3. The molecule has 4 nitrogen and oxygen atoms in total. The van der Waals surface area contributed by atoms with E-state index in [1.807, 2.05) is 18.2 Å². The Balaban J connectivity index is 1.22. The molecule has 2 fully saturated rings. The fraction of sp³-hybridized carbons (Fsp3) is 0.455. The predicted octanol–water partition coefficient (Wildman–Crippen LogP) is 4.93. The van der Waals surface area contributed by atoms with Crippen LogP contribution in [0.1, 0.15) is 18.4 Å². The van der Waals surface area contributed by atoms with Crippen LogP contribution in [-0.4, -0.2) is 49.6 Å². The molecule has 2 aromatic carbocycles. The molecule has 0 aliphatic carbocycles. The smallest absolute Gasteiger partial charge is 0.171 e. The third-order valence-corrected chi connectivity index (χ3v) is 6.20. The zero-order chi connectivity index (χ0) is 19.4. The second kappa shape index (κ2) is 9.14. The van der Waals surface area contributed by atoms with Crippen molar-refractivity contribution in [2.24, 2.45) is 0 Å². The third-order valence-electron chi connectivity index (χ3n) is 5.41. The van der Waals surface area contributed by atoms with E-state index in [1.54, 1.807) is 0 Å². The van der Waals surface area contributed by atoms with E-state index in [1.165, 1.54) is 5.56 Å². The van der Waals surface area contributed by atoms with E-state index in [9.17, 15) is 0 Å². The van der Waals surface area contributed by atoms with Crippen LogP contribution in [0.5, 0.6) is 5.75 Å². The number of hydrogen-bond acceptors (Lipinski definition) is 4. The minimum Gasteiger partial charge on any atom is -0.489 e. The summed E-state index contributed by atoms with van der Waals surface area (Å²) in [6.45, 7) is 4.09. The van der Waals surface area contributed by atoms with Gasteiger partial charge in [-0.3, -0.25) is 0 Å². The van der Waals surface area contributed by atoms with Crippen LogP contribution in [0.25, 0.3) is 0 Å². The summed E-state index contributed by atoms with van der Waals surface area (Å²) in [5.41, 5.74) is 1.39. The average molecular weight is 467 g/mol. The van der Waals surface area contributed by atoms with Crippen molar-refractivity contribution in [1.82, 2.24) is 4.90 Å². The standard InChI is InChI=1S/C22H25BrClNO3/c23-18-6-7-21(20(24)14-18)26-15-19-16-27-22(28-19)9-12-25(13-10-22)11-8-17-4-2-1-3-5-17/h1-7,14,19H,8-13,15-16H2. The van der Waals surface area contributed by atoms with E-state index >= 15 is 0 Å². The molecule has 0 amide bonds. The summed E-state index contributed by atoms with van der Waals surface area (Å²) in [5, 5.41) is 0.592. The van der Waals surface area contributed by atoms with Crippen LogP contribution in [0.4, 0.5) is 0 Å². The SMILES string of the molecule is Clc1cc(Br)ccc1OCC1COC2(CCN(CCc3ccccc3)CC2)O1. The molecular formula is C22H25BrClNO3. The first-order chi connectivity index (χ1) is 13.6. The van der Waals surface area contributed by atoms with Gasteiger partial charge in [0.2, 0.25) is 0 Å². The molecule has 2 aliphatic heterocycles. The Morgan fingerprint density at radius 2 is 1.93 bits per heavy atom. The van der Waals surface area contributed by atoms with Crippen molar-refractivity contribution in [3.8, 4) is 5.75 Å². The number of nitrogens with zero attached hydrogens (tertiary/aromatic N) is 1. The lowest BCUT2D eigenvalue weighted by atomic mass is 10.0. The monoisotopic (exact) mass is 465 g/mol. The van der Waals surface area contributed by atoms with Crippen LogP contribution in [0.15, 0.2) is 53.0 Å². The fourth-order valence-electron chi connectivity index (χ4n) is 3.79. The second-order valence-electron chi connectivity index (χ2n) is 7.42. The molecule has 0 radical (unpaired) electrons. The summed E-state index contributed by atoms with van der Waals surface area (Å²) in [5.74, 6) is 0.228. The first kappa shape index (κ1) is 20.2. The highest BCUT2D eigenvalue weighted by molar-refractivity contribution is 9.10. The summed E-state index contributed by atoms with van der Waals surface area (Å²) < 4.78 is 19.1. The molecule has 1 unspecified atom stereocenters. The number of rotatable bonds is 6. The van der Waals surface area contributed by atoms with E-state index in [0.29, 0.717) is 24.0 Å². The molecule has 1 atom stereocenters. The molecule has 2 heterocycles. The lowest BCUT2D eigenvalue weighted by Crippen LogP contribution is -2.46. The number of hydrogen-bond donors (Lipinski definition) is 0. The number of likely N-dealkylation sites (tertiary alicyclic amines) is 1. The lowest BCUT2D eigenvalue weighted by molar-refractivity contribution is -0.196. The van der Waals surface area contributed by atoms with Gasteiger partial charge in [-0.2, -0.15) is 0 Å². The van der Waals surface area contributed by atoms with Gasteiger partial charge in [0.1, 0.15) is 18.5 Å². The van der Waals surface area contributed by atoms with E-state index in [-0.39, 0.29) is 6.10 Å². The molecular weight excluding hydrogens is 442 g/mol. The number of piperidine rings is 1. The molecule has 150 valence electrons. The molecule has 0 aromatic heterocycles. The van der Waals surface area contributed by atoms with Crippen molar-refractivity contribution in [3.05, 3.63) is 63.6 Å². The fourth-order valence-corrected chi connectivity index (χ4v) is 4.51. The Morgan fingerprint density at radius 1 is 1.14 bits per heavy atom. The zero-order valence-electron chi connectivity index (χ0n) is 15.8. The van der Waals surface area contributed by atoms with Crippen molar-refractivity contribution in [2.45, 2.75) is 31.2 Å². The van der Waals surface area contributed by atoms with Gasteiger partial charge in [-0.15, -0.1) is 0 Å². The van der Waals surface area contributed by atoms with Gasteiger partial charge in [0, 0.05) is 36.9 Å². The van der Waals surface area contributed by atoms with Gasteiger partial charge >= 0.3 is 0 Å². The normalized spacial score (nSPS) is 21.9. The molecule has 6 heteroatoms. The lowest BCUT2D eigenvalue weighted by Gasteiger charge is -2.38. The van der Waals surface area contributed by atoms with Crippen LogP contribution in [0.3, 0.4) is 0 Å². The average Bonchev–Trinajstić information content (AvgIpc) is 3.10. The van der Waals surface area contributed by atoms with Gasteiger partial charge in [0.05, 0.1) is 11.6 Å². The van der Waals surface area contributed by atoms with E-state index in [0.717, 1.165) is 43.4 Å². The number of halogens is 2. The second-order valence-corrected chi connectivity index (χ2v) is 8.75. The molecule has 0 bridgehead atoms. The molecule has 28 heavy (non-hydrogen) atoms. The van der Waals surface area contributed by atoms with Crippen LogP contribution in [0, 0.1) is 0 Å². The van der Waals surface area contributed by atoms with Crippen molar-refractivity contribution < 1.29 is 14.2 Å². The van der Waals surface area contributed by atoms with Crippen molar-refractivity contribution in [2.75, 3.05) is 32.8 Å². The summed E-state index contributed by atoms with van der Waals surface area (Å²) in [4.78, 5) is 2.50. The minimum atomic E-state index is -0.444. The third kappa shape index (κ3) is 5.08. The van der Waals surface area contributed by atoms with Gasteiger partial charge < -0.3 is 19.1 Å². The molecule has 0 saturated carbocycles. The molecule has 1 spiro atoms. The largest absolute Gasteiger partial charge is 0.489 e. The Hall–Kier alpha value is -1.11. The quantitative estimate of drug-likeness (QED) is 0.604. The highest BCUT2D eigenvalue weighted by atomic mass is 79.9. The summed E-state index contributed by atoms with van der Waals surface area (Å²) >= 11 is 9.62. The Labute approximate surface area is 179 Å². The van der Waals surface area contributed by atoms with Gasteiger partial charge in [-0.1, -0.05) is 57.9 Å². The van der Waals surface area contributed by atoms with Crippen LogP contribution < -0.4 is 4.74 Å². The topological polar surface area (TPSA) is 30.9 Å². The zero-order valence-corrected chi connectivity index (χ0v) is 18.1. The van der Waals surface area contributed by atoms with Crippen molar-refractivity contribution in [3.63, 3.8) is 0 Å². The maximum atomic E-state index is 6.26. The van der Waals surface area contributed by atoms with Crippen LogP contribution in [0.2, 0.25) is 5.02 Å². The van der Waals surface area contributed by atoms with Gasteiger partial charge in [0.15, 0.2) is 5.79 Å². The Bertz CT molecular complexity index is 781. The predicted molar refractivity (Wildman–Crippen MR) is 114 cm³/mol. The Kier molecular flexibility index (Phi) is 6.59. The van der Waals surface area contributed by atoms with E-state index in [2.05, 4.69) is 51.2 Å². The first-order valence-corrected chi connectivity index (χ1v) is 10.9. The first-order valence-electron chi connectivity index (χ1n) is 9.78. The maximum absolute atomic E-state index is 6.26. The van der Waals surface area contributed by atoms with Crippen LogP contribution in [-0.2, 0) is 15.9 Å². The highest BCUT2D eigenvalue weighted by Gasteiger charge is 2.44. The van der Waals surface area contributed by atoms with Crippen LogP contribution >= 0.6 is 27.5 Å². The van der Waals surface area contributed by atoms with Crippen molar-refractivity contribution >= 4 is 27.5 Å². The van der Waals surface area contributed by atoms with Gasteiger partial charge in [-0.05, 0) is 30.2 Å². The van der Waals surface area contributed by atoms with Crippen molar-refractivity contribution in [1.29, 1.82) is 0 Å². The number of benzene rings is 2. The summed E-state index contributed by atoms with van der Waals surface area (Å²) in [6.07, 6.45) is 2.82. The van der Waals surface area contributed by atoms with E-state index in [4.69, 9.17) is 25.8 Å². The maximum Gasteiger partial charge on any atom is 0.171 e. The Morgan fingerprint density at radius 3 is 2.68 bits per heavy atom. The highest BCUT2D eigenvalue weighted by Crippen LogP contribution is 2.35. The van der Waals surface area contributed by atoms with E-state index < -0.39 is 5.79 Å². The summed E-state index contributed by atoms with van der Waals surface area (Å²) in [6, 6.07) is 16.3. The molecule has 2 saturated heterocycles. The van der Waals surface area contributed by atoms with Gasteiger partial charge in [-0.25, -0.2) is 0 Å².